The lowest BCUT2D eigenvalue weighted by molar-refractivity contribution is -0.122. The van der Waals surface area contributed by atoms with E-state index in [9.17, 15) is 14.4 Å². The standard InChI is InChI=1S/C21H19NO3/c1-21(2,3)20(25)15-14-10-6-7-11-22(14)17-16(15)18(23)12-8-4-5-9-13(12)19(17)24/h4-11,16-17H,1-3H3/t16-,17+/m0/s1. The summed E-state index contributed by atoms with van der Waals surface area (Å²) in [7, 11) is 0. The maximum Gasteiger partial charge on any atom is 0.187 e. The van der Waals surface area contributed by atoms with Gasteiger partial charge in [0.05, 0.1) is 5.92 Å². The lowest BCUT2D eigenvalue weighted by atomic mass is 9.72. The SMILES string of the molecule is CC(C)(C)C(=O)C1=C2C=CC=CN2[C@H]2C(=O)c3ccccc3C(=O)[C@@H]12. The molecule has 3 aliphatic rings. The first-order chi connectivity index (χ1) is 11.8. The van der Waals surface area contributed by atoms with Gasteiger partial charge in [-0.05, 0) is 12.2 Å². The molecule has 0 saturated heterocycles. The molecule has 2 atom stereocenters. The third kappa shape index (κ3) is 2.10. The van der Waals surface area contributed by atoms with Gasteiger partial charge < -0.3 is 4.90 Å². The number of nitrogens with zero attached hydrogens (tertiary/aromatic N) is 1. The van der Waals surface area contributed by atoms with Crippen LogP contribution in [0.4, 0.5) is 0 Å². The normalized spacial score (nSPS) is 24.4. The quantitative estimate of drug-likeness (QED) is 0.791. The first-order valence-electron chi connectivity index (χ1n) is 8.42. The Bertz CT molecular complexity index is 911. The van der Waals surface area contributed by atoms with Crippen molar-refractivity contribution in [3.05, 3.63) is 71.1 Å². The van der Waals surface area contributed by atoms with E-state index in [0.29, 0.717) is 22.4 Å². The van der Waals surface area contributed by atoms with Gasteiger partial charge in [0, 0.05) is 34.0 Å². The van der Waals surface area contributed by atoms with E-state index >= 15 is 0 Å². The molecular weight excluding hydrogens is 314 g/mol. The number of hydrogen-bond donors (Lipinski definition) is 0. The van der Waals surface area contributed by atoms with Gasteiger partial charge in [-0.3, -0.25) is 14.4 Å². The molecule has 2 heterocycles. The lowest BCUT2D eigenvalue weighted by Gasteiger charge is -2.32. The second-order valence-electron chi connectivity index (χ2n) is 7.68. The largest absolute Gasteiger partial charge is 0.336 e. The summed E-state index contributed by atoms with van der Waals surface area (Å²) in [6.45, 7) is 5.52. The summed E-state index contributed by atoms with van der Waals surface area (Å²) >= 11 is 0. The van der Waals surface area contributed by atoms with E-state index in [0.717, 1.165) is 0 Å². The molecule has 25 heavy (non-hydrogen) atoms. The Kier molecular flexibility index (Phi) is 3.23. The predicted molar refractivity (Wildman–Crippen MR) is 94.0 cm³/mol. The Morgan fingerprint density at radius 1 is 1.00 bits per heavy atom. The van der Waals surface area contributed by atoms with Crippen LogP contribution in [0.25, 0.3) is 0 Å². The Labute approximate surface area is 146 Å². The van der Waals surface area contributed by atoms with Gasteiger partial charge in [-0.2, -0.15) is 0 Å². The van der Waals surface area contributed by atoms with Crippen LogP contribution in [0.5, 0.6) is 0 Å². The molecule has 126 valence electrons. The van der Waals surface area contributed by atoms with Gasteiger partial charge in [0.15, 0.2) is 17.3 Å². The Morgan fingerprint density at radius 2 is 1.64 bits per heavy atom. The number of rotatable bonds is 1. The van der Waals surface area contributed by atoms with E-state index in [1.807, 2.05) is 39.0 Å². The van der Waals surface area contributed by atoms with Gasteiger partial charge in [0.25, 0.3) is 0 Å². The monoisotopic (exact) mass is 333 g/mol. The summed E-state index contributed by atoms with van der Waals surface area (Å²) in [5.41, 5.74) is 1.37. The molecule has 0 amide bonds. The molecule has 4 nitrogen and oxygen atoms in total. The molecule has 1 aromatic carbocycles. The first kappa shape index (κ1) is 15.8. The number of benzene rings is 1. The van der Waals surface area contributed by atoms with Crippen molar-refractivity contribution in [3.8, 4) is 0 Å². The van der Waals surface area contributed by atoms with Gasteiger partial charge in [0.2, 0.25) is 0 Å². The van der Waals surface area contributed by atoms with Crippen molar-refractivity contribution < 1.29 is 14.4 Å². The van der Waals surface area contributed by atoms with Crippen LogP contribution in [0.1, 0.15) is 41.5 Å². The number of fused-ring (bicyclic) bond motifs is 4. The van der Waals surface area contributed by atoms with Crippen molar-refractivity contribution in [2.24, 2.45) is 11.3 Å². The van der Waals surface area contributed by atoms with Crippen LogP contribution in [0.15, 0.2) is 60.0 Å². The van der Waals surface area contributed by atoms with E-state index in [1.165, 1.54) is 0 Å². The van der Waals surface area contributed by atoms with Crippen LogP contribution in [-0.4, -0.2) is 28.3 Å². The molecule has 0 spiro atoms. The maximum absolute atomic E-state index is 13.2. The average Bonchev–Trinajstić information content (AvgIpc) is 2.93. The molecule has 0 saturated carbocycles. The molecule has 0 N–H and O–H groups in total. The molecule has 4 rings (SSSR count). The van der Waals surface area contributed by atoms with Crippen LogP contribution in [0.2, 0.25) is 0 Å². The number of carbonyl (C=O) groups excluding carboxylic acids is 3. The van der Waals surface area contributed by atoms with E-state index < -0.39 is 17.4 Å². The van der Waals surface area contributed by atoms with Crippen molar-refractivity contribution in [2.75, 3.05) is 0 Å². The first-order valence-corrected chi connectivity index (χ1v) is 8.42. The molecule has 1 aromatic rings. The summed E-state index contributed by atoms with van der Waals surface area (Å²) in [4.78, 5) is 41.3. The number of allylic oxidation sites excluding steroid dienone is 3. The number of ketones is 3. The van der Waals surface area contributed by atoms with Crippen LogP contribution >= 0.6 is 0 Å². The van der Waals surface area contributed by atoms with E-state index in [4.69, 9.17) is 0 Å². The fourth-order valence-corrected chi connectivity index (χ4v) is 3.86. The molecule has 0 fully saturated rings. The highest BCUT2D eigenvalue weighted by atomic mass is 16.1. The highest BCUT2D eigenvalue weighted by Crippen LogP contribution is 2.45. The van der Waals surface area contributed by atoms with Crippen LogP contribution in [-0.2, 0) is 4.79 Å². The van der Waals surface area contributed by atoms with Crippen molar-refractivity contribution in [1.82, 2.24) is 4.90 Å². The van der Waals surface area contributed by atoms with Crippen LogP contribution in [0, 0.1) is 11.3 Å². The van der Waals surface area contributed by atoms with Crippen molar-refractivity contribution >= 4 is 17.3 Å². The number of carbonyl (C=O) groups is 3. The van der Waals surface area contributed by atoms with Crippen molar-refractivity contribution in [2.45, 2.75) is 26.8 Å². The summed E-state index contributed by atoms with van der Waals surface area (Å²) in [6, 6.07) is 6.22. The average molecular weight is 333 g/mol. The minimum atomic E-state index is -0.739. The smallest absolute Gasteiger partial charge is 0.187 e. The summed E-state index contributed by atoms with van der Waals surface area (Å²) in [5, 5.41) is 0. The number of Topliss-reactive ketones (excluding diaryl/α,β-unsaturated/α-hetero) is 3. The van der Waals surface area contributed by atoms with Gasteiger partial charge in [-0.1, -0.05) is 51.1 Å². The Hall–Kier alpha value is -2.75. The zero-order valence-electron chi connectivity index (χ0n) is 14.4. The van der Waals surface area contributed by atoms with Crippen LogP contribution in [0.3, 0.4) is 0 Å². The van der Waals surface area contributed by atoms with E-state index in [1.54, 1.807) is 35.4 Å². The van der Waals surface area contributed by atoms with Gasteiger partial charge in [0.1, 0.15) is 6.04 Å². The summed E-state index contributed by atoms with van der Waals surface area (Å²) in [5.74, 6) is -1.07. The minimum absolute atomic E-state index is 0.0829. The lowest BCUT2D eigenvalue weighted by Crippen LogP contribution is -2.46. The second kappa shape index (κ2) is 5.12. The Balaban J connectivity index is 1.95. The zero-order valence-corrected chi connectivity index (χ0v) is 14.4. The van der Waals surface area contributed by atoms with E-state index in [2.05, 4.69) is 0 Å². The topological polar surface area (TPSA) is 54.5 Å². The molecule has 0 unspecified atom stereocenters. The summed E-state index contributed by atoms with van der Waals surface area (Å²) < 4.78 is 0. The number of hydrogen-bond acceptors (Lipinski definition) is 4. The third-order valence-corrected chi connectivity index (χ3v) is 5.03. The third-order valence-electron chi connectivity index (χ3n) is 5.03. The molecule has 0 bridgehead atoms. The molecule has 0 aromatic heterocycles. The highest BCUT2D eigenvalue weighted by Gasteiger charge is 2.54. The fraction of sp³-hybridized carbons (Fsp3) is 0.286. The molecule has 4 heteroatoms. The predicted octanol–water partition coefficient (Wildman–Crippen LogP) is 3.32. The minimum Gasteiger partial charge on any atom is -0.336 e. The van der Waals surface area contributed by atoms with Gasteiger partial charge in [-0.15, -0.1) is 0 Å². The molecule has 0 radical (unpaired) electrons. The van der Waals surface area contributed by atoms with Crippen molar-refractivity contribution in [3.63, 3.8) is 0 Å². The molecule has 2 aliphatic heterocycles. The highest BCUT2D eigenvalue weighted by molar-refractivity contribution is 6.22. The molecule has 1 aliphatic carbocycles. The maximum atomic E-state index is 13.2. The summed E-state index contributed by atoms with van der Waals surface area (Å²) in [6.07, 6.45) is 7.27. The van der Waals surface area contributed by atoms with Crippen molar-refractivity contribution in [1.29, 1.82) is 0 Å². The Morgan fingerprint density at radius 3 is 2.28 bits per heavy atom. The fourth-order valence-electron chi connectivity index (χ4n) is 3.86. The van der Waals surface area contributed by atoms with E-state index in [-0.39, 0.29) is 17.3 Å². The van der Waals surface area contributed by atoms with Gasteiger partial charge in [-0.25, -0.2) is 0 Å². The molecular formula is C21H19NO3. The second-order valence-corrected chi connectivity index (χ2v) is 7.68. The van der Waals surface area contributed by atoms with Crippen LogP contribution < -0.4 is 0 Å². The van der Waals surface area contributed by atoms with Gasteiger partial charge >= 0.3 is 0 Å². The zero-order chi connectivity index (χ0) is 17.9.